The van der Waals surface area contributed by atoms with E-state index < -0.39 is 0 Å². The molecule has 0 saturated carbocycles. The molecule has 1 atom stereocenters. The Balaban J connectivity index is 2.11. The average Bonchev–Trinajstić information content (AvgIpc) is 2.78. The molecule has 0 bridgehead atoms. The lowest BCUT2D eigenvalue weighted by atomic mass is 9.91. The summed E-state index contributed by atoms with van der Waals surface area (Å²) in [6.07, 6.45) is 0.886. The fourth-order valence-electron chi connectivity index (χ4n) is 2.98. The molecule has 1 nitrogen and oxygen atoms in total. The van der Waals surface area contributed by atoms with E-state index in [1.165, 1.54) is 16.7 Å². The number of benzene rings is 2. The molecule has 0 aromatic heterocycles. The van der Waals surface area contributed by atoms with Gasteiger partial charge >= 0.3 is 0 Å². The van der Waals surface area contributed by atoms with Gasteiger partial charge in [0.15, 0.2) is 5.78 Å². The fraction of sp³-hybridized carbons (Fsp3) is 0.278. The van der Waals surface area contributed by atoms with Crippen molar-refractivity contribution in [3.05, 3.63) is 59.7 Å². The molecule has 3 rings (SSSR count). The predicted molar refractivity (Wildman–Crippen MR) is 78.2 cm³/mol. The first-order valence-electron chi connectivity index (χ1n) is 6.90. The van der Waals surface area contributed by atoms with Crippen molar-refractivity contribution < 1.29 is 4.79 Å². The van der Waals surface area contributed by atoms with Crippen LogP contribution in [-0.4, -0.2) is 5.78 Å². The fourth-order valence-corrected chi connectivity index (χ4v) is 2.98. The third kappa shape index (κ3) is 1.99. The summed E-state index contributed by atoms with van der Waals surface area (Å²) in [6, 6.07) is 16.5. The van der Waals surface area contributed by atoms with Gasteiger partial charge in [0.2, 0.25) is 0 Å². The summed E-state index contributed by atoms with van der Waals surface area (Å²) in [5, 5.41) is 0. The molecule has 19 heavy (non-hydrogen) atoms. The van der Waals surface area contributed by atoms with Crippen molar-refractivity contribution in [2.75, 3.05) is 0 Å². The van der Waals surface area contributed by atoms with Crippen LogP contribution in [0.15, 0.2) is 48.5 Å². The number of fused-ring (bicyclic) bond motifs is 1. The van der Waals surface area contributed by atoms with Gasteiger partial charge in [0.05, 0.1) is 0 Å². The van der Waals surface area contributed by atoms with Crippen LogP contribution in [0.25, 0.3) is 11.1 Å². The van der Waals surface area contributed by atoms with Gasteiger partial charge in [0.1, 0.15) is 0 Å². The maximum atomic E-state index is 12.4. The van der Waals surface area contributed by atoms with Crippen LogP contribution in [0.4, 0.5) is 0 Å². The van der Waals surface area contributed by atoms with Crippen LogP contribution < -0.4 is 0 Å². The van der Waals surface area contributed by atoms with Gasteiger partial charge in [0, 0.05) is 11.5 Å². The van der Waals surface area contributed by atoms with Crippen molar-refractivity contribution >= 4 is 5.78 Å². The molecule has 0 fully saturated rings. The Labute approximate surface area is 114 Å². The Morgan fingerprint density at radius 2 is 1.63 bits per heavy atom. The van der Waals surface area contributed by atoms with Gasteiger partial charge in [-0.2, -0.15) is 0 Å². The largest absolute Gasteiger partial charge is 0.294 e. The Hall–Kier alpha value is -1.89. The molecule has 1 aliphatic carbocycles. The molecule has 0 spiro atoms. The first-order valence-corrected chi connectivity index (χ1v) is 6.90. The molecule has 2 aromatic rings. The second-order valence-corrected chi connectivity index (χ2v) is 5.62. The molecule has 1 unspecified atom stereocenters. The quantitative estimate of drug-likeness (QED) is 0.773. The molecule has 0 aliphatic heterocycles. The summed E-state index contributed by atoms with van der Waals surface area (Å²) >= 11 is 0. The van der Waals surface area contributed by atoms with Gasteiger partial charge in [-0.25, -0.2) is 0 Å². The lowest BCUT2D eigenvalue weighted by Gasteiger charge is -2.11. The topological polar surface area (TPSA) is 17.1 Å². The molecule has 0 heterocycles. The molecule has 0 saturated heterocycles. The van der Waals surface area contributed by atoms with E-state index in [4.69, 9.17) is 0 Å². The maximum absolute atomic E-state index is 12.4. The highest BCUT2D eigenvalue weighted by Gasteiger charge is 2.33. The van der Waals surface area contributed by atoms with Crippen molar-refractivity contribution in [3.8, 4) is 11.1 Å². The smallest absolute Gasteiger partial charge is 0.166 e. The number of carbonyl (C=O) groups excluding carboxylic acids is 1. The lowest BCUT2D eigenvalue weighted by Crippen LogP contribution is -2.15. The van der Waals surface area contributed by atoms with E-state index in [0.717, 1.165) is 12.0 Å². The Kier molecular flexibility index (Phi) is 2.98. The number of hydrogen-bond donors (Lipinski definition) is 0. The summed E-state index contributed by atoms with van der Waals surface area (Å²) in [7, 11) is 0. The monoisotopic (exact) mass is 250 g/mol. The molecule has 96 valence electrons. The van der Waals surface area contributed by atoms with Crippen LogP contribution in [0.5, 0.6) is 0 Å². The average molecular weight is 250 g/mol. The highest BCUT2D eigenvalue weighted by molar-refractivity contribution is 6.04. The van der Waals surface area contributed by atoms with Gasteiger partial charge < -0.3 is 0 Å². The first kappa shape index (κ1) is 12.2. The van der Waals surface area contributed by atoms with E-state index in [9.17, 15) is 4.79 Å². The summed E-state index contributed by atoms with van der Waals surface area (Å²) in [6.45, 7) is 4.27. The van der Waals surface area contributed by atoms with E-state index in [0.29, 0.717) is 11.7 Å². The second-order valence-electron chi connectivity index (χ2n) is 5.62. The molecule has 0 radical (unpaired) electrons. The number of ketones is 1. The first-order chi connectivity index (χ1) is 9.18. The van der Waals surface area contributed by atoms with Crippen LogP contribution in [0, 0.1) is 11.8 Å². The lowest BCUT2D eigenvalue weighted by molar-refractivity contribution is 0.0906. The number of hydrogen-bond acceptors (Lipinski definition) is 1. The summed E-state index contributed by atoms with van der Waals surface area (Å²) in [5.74, 6) is 0.881. The molecule has 0 amide bonds. The van der Waals surface area contributed by atoms with Gasteiger partial charge in [-0.05, 0) is 29.0 Å². The summed E-state index contributed by atoms with van der Waals surface area (Å²) in [4.78, 5) is 12.4. The van der Waals surface area contributed by atoms with Crippen molar-refractivity contribution in [2.45, 2.75) is 20.3 Å². The third-order valence-corrected chi connectivity index (χ3v) is 4.09. The highest BCUT2D eigenvalue weighted by atomic mass is 16.1. The molecule has 1 aliphatic rings. The van der Waals surface area contributed by atoms with Crippen LogP contribution in [-0.2, 0) is 6.42 Å². The molecular formula is C18H18O. The zero-order valence-electron chi connectivity index (χ0n) is 11.4. The minimum absolute atomic E-state index is 0.153. The van der Waals surface area contributed by atoms with E-state index >= 15 is 0 Å². The highest BCUT2D eigenvalue weighted by Crippen LogP contribution is 2.37. The second kappa shape index (κ2) is 4.65. The van der Waals surface area contributed by atoms with Gasteiger partial charge in [0.25, 0.3) is 0 Å². The van der Waals surface area contributed by atoms with Crippen LogP contribution >= 0.6 is 0 Å². The van der Waals surface area contributed by atoms with E-state index in [-0.39, 0.29) is 5.92 Å². The van der Waals surface area contributed by atoms with Crippen molar-refractivity contribution in [1.29, 1.82) is 0 Å². The minimum Gasteiger partial charge on any atom is -0.294 e. The SMILES string of the molecule is CC(C)C1Cc2c(cccc2-c2ccccc2)C1=O. The van der Waals surface area contributed by atoms with E-state index in [1.807, 2.05) is 30.3 Å². The zero-order valence-corrected chi connectivity index (χ0v) is 11.4. The number of carbonyl (C=O) groups is 1. The van der Waals surface area contributed by atoms with Gasteiger partial charge in [-0.1, -0.05) is 62.4 Å². The molecule has 1 heteroatoms. The summed E-state index contributed by atoms with van der Waals surface area (Å²) in [5.41, 5.74) is 4.59. The standard InChI is InChI=1S/C18H18O/c1-12(2)16-11-17-14(13-7-4-3-5-8-13)9-6-10-15(17)18(16)19/h3-10,12,16H,11H2,1-2H3. The van der Waals surface area contributed by atoms with Crippen molar-refractivity contribution in [1.82, 2.24) is 0 Å². The van der Waals surface area contributed by atoms with Crippen LogP contribution in [0.2, 0.25) is 0 Å². The van der Waals surface area contributed by atoms with E-state index in [1.54, 1.807) is 0 Å². The van der Waals surface area contributed by atoms with Crippen molar-refractivity contribution in [2.24, 2.45) is 11.8 Å². The maximum Gasteiger partial charge on any atom is 0.166 e. The van der Waals surface area contributed by atoms with Crippen LogP contribution in [0.1, 0.15) is 29.8 Å². The predicted octanol–water partition coefficient (Wildman–Crippen LogP) is 4.36. The molecular weight excluding hydrogens is 232 g/mol. The summed E-state index contributed by atoms with van der Waals surface area (Å²) < 4.78 is 0. The Morgan fingerprint density at radius 3 is 2.32 bits per heavy atom. The van der Waals surface area contributed by atoms with E-state index in [2.05, 4.69) is 32.0 Å². The van der Waals surface area contributed by atoms with Gasteiger partial charge in [-0.15, -0.1) is 0 Å². The molecule has 2 aromatic carbocycles. The normalized spacial score (nSPS) is 17.8. The third-order valence-electron chi connectivity index (χ3n) is 4.09. The number of Topliss-reactive ketones (excluding diaryl/α,β-unsaturated/α-hetero) is 1. The minimum atomic E-state index is 0.153. The number of rotatable bonds is 2. The molecule has 0 N–H and O–H groups in total. The Morgan fingerprint density at radius 1 is 0.947 bits per heavy atom. The van der Waals surface area contributed by atoms with Crippen molar-refractivity contribution in [3.63, 3.8) is 0 Å². The van der Waals surface area contributed by atoms with Crippen LogP contribution in [0.3, 0.4) is 0 Å². The Bertz CT molecular complexity index is 611. The zero-order chi connectivity index (χ0) is 13.4. The van der Waals surface area contributed by atoms with Gasteiger partial charge in [-0.3, -0.25) is 4.79 Å².